The third kappa shape index (κ3) is 4.85. The maximum atomic E-state index is 13.6. The summed E-state index contributed by atoms with van der Waals surface area (Å²) in [5.41, 5.74) is 4.57. The van der Waals surface area contributed by atoms with E-state index in [0.717, 1.165) is 34.3 Å². The number of carbonyl (C=O) groups is 2. The van der Waals surface area contributed by atoms with E-state index in [4.69, 9.17) is 0 Å². The van der Waals surface area contributed by atoms with Crippen LogP contribution in [-0.4, -0.2) is 16.3 Å². The summed E-state index contributed by atoms with van der Waals surface area (Å²) in [5, 5.41) is 3.53. The molecule has 33 heavy (non-hydrogen) atoms. The molecule has 1 aromatic heterocycles. The predicted octanol–water partition coefficient (Wildman–Crippen LogP) is 6.05. The number of anilines is 1. The first-order chi connectivity index (χ1) is 15.8. The molecule has 0 atom stereocenters. The van der Waals surface area contributed by atoms with Crippen molar-refractivity contribution in [2.75, 3.05) is 5.32 Å². The van der Waals surface area contributed by atoms with Gasteiger partial charge in [0.05, 0.1) is 0 Å². The fourth-order valence-electron chi connectivity index (χ4n) is 4.16. The molecule has 0 aliphatic carbocycles. The zero-order valence-corrected chi connectivity index (χ0v) is 18.5. The molecular weight excluding hydrogens is 422 g/mol. The Morgan fingerprint density at radius 1 is 0.909 bits per heavy atom. The van der Waals surface area contributed by atoms with Gasteiger partial charge in [-0.1, -0.05) is 36.4 Å². The highest BCUT2D eigenvalue weighted by Gasteiger charge is 2.21. The number of amides is 1. The van der Waals surface area contributed by atoms with Crippen molar-refractivity contribution in [3.63, 3.8) is 0 Å². The third-order valence-electron chi connectivity index (χ3n) is 5.73. The van der Waals surface area contributed by atoms with Gasteiger partial charge in [-0.15, -0.1) is 0 Å². The molecule has 0 spiro atoms. The predicted molar refractivity (Wildman–Crippen MR) is 126 cm³/mol. The highest BCUT2D eigenvalue weighted by Crippen LogP contribution is 2.31. The molecule has 4 aromatic rings. The van der Waals surface area contributed by atoms with Crippen LogP contribution in [0.4, 0.5) is 14.5 Å². The average molecular weight is 446 g/mol. The van der Waals surface area contributed by atoms with Crippen LogP contribution in [0, 0.1) is 18.6 Å². The first kappa shape index (κ1) is 22.4. The van der Waals surface area contributed by atoms with E-state index in [1.54, 1.807) is 0 Å². The van der Waals surface area contributed by atoms with E-state index in [0.29, 0.717) is 29.8 Å². The Hall–Kier alpha value is -3.80. The van der Waals surface area contributed by atoms with Gasteiger partial charge in [-0.3, -0.25) is 9.59 Å². The van der Waals surface area contributed by atoms with Crippen LogP contribution < -0.4 is 5.32 Å². The lowest BCUT2D eigenvalue weighted by atomic mass is 10.00. The van der Waals surface area contributed by atoms with Crippen molar-refractivity contribution in [3.8, 4) is 0 Å². The highest BCUT2D eigenvalue weighted by molar-refractivity contribution is 6.10. The largest absolute Gasteiger partial charge is 0.340 e. The molecule has 0 radical (unpaired) electrons. The number of aromatic nitrogens is 1. The molecule has 0 saturated heterocycles. The molecular formula is C27H24F2N2O2. The summed E-state index contributed by atoms with van der Waals surface area (Å²) in [4.78, 5) is 24.9. The first-order valence-corrected chi connectivity index (χ1v) is 10.7. The molecule has 0 saturated carbocycles. The Labute approximate surface area is 190 Å². The van der Waals surface area contributed by atoms with Gasteiger partial charge in [-0.05, 0) is 54.8 Å². The first-order valence-electron chi connectivity index (χ1n) is 10.7. The van der Waals surface area contributed by atoms with Crippen molar-refractivity contribution in [2.24, 2.45) is 0 Å². The number of carbonyl (C=O) groups excluding carboxylic acids is 2. The number of nitrogens with one attached hydrogen (secondary N) is 1. The van der Waals surface area contributed by atoms with Crippen molar-refractivity contribution < 1.29 is 18.4 Å². The Bertz CT molecular complexity index is 1340. The van der Waals surface area contributed by atoms with Crippen LogP contribution in [0.5, 0.6) is 0 Å². The minimum atomic E-state index is -0.921. The maximum Gasteiger partial charge on any atom is 0.221 e. The second kappa shape index (κ2) is 9.36. The molecule has 3 aromatic carbocycles. The van der Waals surface area contributed by atoms with Gasteiger partial charge in [-0.25, -0.2) is 8.78 Å². The van der Waals surface area contributed by atoms with Crippen molar-refractivity contribution in [3.05, 3.63) is 101 Å². The van der Waals surface area contributed by atoms with Crippen LogP contribution in [0.1, 0.15) is 40.5 Å². The third-order valence-corrected chi connectivity index (χ3v) is 5.73. The smallest absolute Gasteiger partial charge is 0.221 e. The van der Waals surface area contributed by atoms with Crippen LogP contribution in [0.15, 0.2) is 66.7 Å². The van der Waals surface area contributed by atoms with E-state index < -0.39 is 11.6 Å². The Kier molecular flexibility index (Phi) is 6.36. The standard InChI is InChI=1S/C27H24F2N2O2/c1-17-27(26(33)13-9-19-8-11-23(28)24(29)14-19)22-15-21(30-18(2)32)10-12-25(22)31(17)16-20-6-4-3-5-7-20/h3-8,10-12,14-15H,9,13,16H2,1-2H3,(H,30,32). The molecule has 1 N–H and O–H groups in total. The SMILES string of the molecule is CC(=O)Nc1ccc2c(c1)c(C(=O)CCc1ccc(F)c(F)c1)c(C)n2Cc1ccccc1. The van der Waals surface area contributed by atoms with Gasteiger partial charge >= 0.3 is 0 Å². The lowest BCUT2D eigenvalue weighted by Gasteiger charge is -2.09. The van der Waals surface area contributed by atoms with Gasteiger partial charge < -0.3 is 9.88 Å². The number of ketones is 1. The summed E-state index contributed by atoms with van der Waals surface area (Å²) in [6.45, 7) is 3.94. The zero-order valence-electron chi connectivity index (χ0n) is 18.5. The normalized spacial score (nSPS) is 11.0. The van der Waals surface area contributed by atoms with Crippen molar-refractivity contribution in [2.45, 2.75) is 33.2 Å². The number of benzene rings is 3. The van der Waals surface area contributed by atoms with Crippen LogP contribution in [0.3, 0.4) is 0 Å². The van der Waals surface area contributed by atoms with Crippen molar-refractivity contribution >= 4 is 28.3 Å². The van der Waals surface area contributed by atoms with E-state index >= 15 is 0 Å². The molecule has 6 heteroatoms. The molecule has 1 heterocycles. The summed E-state index contributed by atoms with van der Waals surface area (Å²) in [6.07, 6.45) is 0.451. The number of aryl methyl sites for hydroxylation is 1. The fraction of sp³-hybridized carbons (Fsp3) is 0.185. The summed E-state index contributed by atoms with van der Waals surface area (Å²) in [6, 6.07) is 19.2. The lowest BCUT2D eigenvalue weighted by Crippen LogP contribution is -2.06. The molecule has 4 nitrogen and oxygen atoms in total. The monoisotopic (exact) mass is 446 g/mol. The molecule has 0 bridgehead atoms. The lowest BCUT2D eigenvalue weighted by molar-refractivity contribution is -0.114. The number of fused-ring (bicyclic) bond motifs is 1. The molecule has 0 aliphatic heterocycles. The van der Waals surface area contributed by atoms with E-state index in [-0.39, 0.29) is 18.1 Å². The maximum absolute atomic E-state index is 13.6. The summed E-state index contributed by atoms with van der Waals surface area (Å²) < 4.78 is 28.9. The molecule has 0 fully saturated rings. The van der Waals surface area contributed by atoms with Gasteiger partial charge in [0, 0.05) is 47.7 Å². The summed E-state index contributed by atoms with van der Waals surface area (Å²) >= 11 is 0. The van der Waals surface area contributed by atoms with E-state index in [9.17, 15) is 18.4 Å². The second-order valence-corrected chi connectivity index (χ2v) is 8.12. The van der Waals surface area contributed by atoms with Gasteiger partial charge in [0.2, 0.25) is 5.91 Å². The molecule has 4 rings (SSSR count). The van der Waals surface area contributed by atoms with Crippen LogP contribution >= 0.6 is 0 Å². The van der Waals surface area contributed by atoms with Gasteiger partial charge in [-0.2, -0.15) is 0 Å². The van der Waals surface area contributed by atoms with Crippen molar-refractivity contribution in [1.82, 2.24) is 4.57 Å². The summed E-state index contributed by atoms with van der Waals surface area (Å²) in [5.74, 6) is -2.11. The van der Waals surface area contributed by atoms with Crippen LogP contribution in [0.25, 0.3) is 10.9 Å². The van der Waals surface area contributed by atoms with Crippen molar-refractivity contribution in [1.29, 1.82) is 0 Å². The van der Waals surface area contributed by atoms with E-state index in [1.165, 1.54) is 13.0 Å². The Morgan fingerprint density at radius 3 is 2.36 bits per heavy atom. The summed E-state index contributed by atoms with van der Waals surface area (Å²) in [7, 11) is 0. The Morgan fingerprint density at radius 2 is 1.67 bits per heavy atom. The molecule has 0 aliphatic rings. The number of hydrogen-bond acceptors (Lipinski definition) is 2. The quantitative estimate of drug-likeness (QED) is 0.351. The fourth-order valence-corrected chi connectivity index (χ4v) is 4.16. The van der Waals surface area contributed by atoms with E-state index in [1.807, 2.05) is 55.5 Å². The number of halogens is 2. The number of rotatable bonds is 7. The minimum Gasteiger partial charge on any atom is -0.340 e. The van der Waals surface area contributed by atoms with E-state index in [2.05, 4.69) is 9.88 Å². The number of hydrogen-bond donors (Lipinski definition) is 1. The van der Waals surface area contributed by atoms with Crippen LogP contribution in [-0.2, 0) is 17.8 Å². The highest BCUT2D eigenvalue weighted by atomic mass is 19.2. The number of Topliss-reactive ketones (excluding diaryl/α,β-unsaturated/α-hetero) is 1. The van der Waals surface area contributed by atoms with Crippen LogP contribution in [0.2, 0.25) is 0 Å². The topological polar surface area (TPSA) is 51.1 Å². The number of nitrogens with zero attached hydrogens (tertiary/aromatic N) is 1. The molecule has 168 valence electrons. The average Bonchev–Trinajstić information content (AvgIpc) is 3.05. The Balaban J connectivity index is 1.72. The minimum absolute atomic E-state index is 0.0889. The van der Waals surface area contributed by atoms with Gasteiger partial charge in [0.25, 0.3) is 0 Å². The van der Waals surface area contributed by atoms with Gasteiger partial charge in [0.15, 0.2) is 17.4 Å². The molecule has 0 unspecified atom stereocenters. The van der Waals surface area contributed by atoms with Gasteiger partial charge in [0.1, 0.15) is 0 Å². The second-order valence-electron chi connectivity index (χ2n) is 8.12. The molecule has 1 amide bonds. The zero-order chi connectivity index (χ0) is 23.5.